The maximum Gasteiger partial charge on any atom is 0.211 e. The number of nitrogens with one attached hydrogen (secondary N) is 1. The molecular weight excluding hydrogens is 314 g/mol. The van der Waals surface area contributed by atoms with Gasteiger partial charge in [-0.1, -0.05) is 6.07 Å². The molecule has 23 heavy (non-hydrogen) atoms. The molecule has 0 aromatic carbocycles. The number of aryl methyl sites for hydroxylation is 1. The molecule has 0 spiro atoms. The van der Waals surface area contributed by atoms with E-state index in [2.05, 4.69) is 20.3 Å². The molecule has 7 nitrogen and oxygen atoms in total. The van der Waals surface area contributed by atoms with Crippen LogP contribution in [0.5, 0.6) is 0 Å². The second kappa shape index (κ2) is 6.21. The van der Waals surface area contributed by atoms with Crippen LogP contribution in [0.25, 0.3) is 0 Å². The number of nitrogens with zero attached hydrogens (tertiary/aromatic N) is 4. The smallest absolute Gasteiger partial charge is 0.211 e. The van der Waals surface area contributed by atoms with Crippen LogP contribution in [-0.2, 0) is 16.6 Å². The number of anilines is 1. The summed E-state index contributed by atoms with van der Waals surface area (Å²) >= 11 is 0. The van der Waals surface area contributed by atoms with Gasteiger partial charge in [0.25, 0.3) is 0 Å². The van der Waals surface area contributed by atoms with E-state index in [1.165, 1.54) is 10.6 Å². The quantitative estimate of drug-likeness (QED) is 0.892. The Kier molecular flexibility index (Phi) is 4.27. The minimum Gasteiger partial charge on any atom is -0.364 e. The fourth-order valence-corrected chi connectivity index (χ4v) is 3.70. The van der Waals surface area contributed by atoms with Gasteiger partial charge in [0.15, 0.2) is 0 Å². The summed E-state index contributed by atoms with van der Waals surface area (Å²) < 4.78 is 24.9. The first-order valence-corrected chi connectivity index (χ1v) is 9.24. The van der Waals surface area contributed by atoms with Gasteiger partial charge in [-0.2, -0.15) is 4.31 Å². The van der Waals surface area contributed by atoms with Crippen molar-refractivity contribution in [3.8, 4) is 0 Å². The van der Waals surface area contributed by atoms with Crippen molar-refractivity contribution in [1.29, 1.82) is 0 Å². The highest BCUT2D eigenvalue weighted by Gasteiger charge is 2.37. The summed E-state index contributed by atoms with van der Waals surface area (Å²) in [4.78, 5) is 13.0. The molecule has 0 aliphatic carbocycles. The normalized spacial score (nSPS) is 18.4. The molecule has 0 saturated carbocycles. The highest BCUT2D eigenvalue weighted by molar-refractivity contribution is 7.88. The molecule has 1 N–H and O–H groups in total. The number of aromatic nitrogens is 3. The van der Waals surface area contributed by atoms with Crippen LogP contribution in [-0.4, -0.2) is 40.5 Å². The number of hydrogen-bond acceptors (Lipinski definition) is 6. The van der Waals surface area contributed by atoms with Crippen LogP contribution in [0.1, 0.15) is 29.7 Å². The van der Waals surface area contributed by atoms with Gasteiger partial charge in [0.1, 0.15) is 11.6 Å². The average molecular weight is 333 g/mol. The molecular formula is C15H19N5O2S. The number of pyridine rings is 1. The van der Waals surface area contributed by atoms with E-state index in [-0.39, 0.29) is 6.04 Å². The summed E-state index contributed by atoms with van der Waals surface area (Å²) in [7, 11) is -3.20. The van der Waals surface area contributed by atoms with E-state index < -0.39 is 10.0 Å². The molecule has 1 aliphatic heterocycles. The van der Waals surface area contributed by atoms with Crippen molar-refractivity contribution < 1.29 is 8.42 Å². The van der Waals surface area contributed by atoms with Crippen LogP contribution in [0.4, 0.5) is 5.82 Å². The molecule has 122 valence electrons. The van der Waals surface area contributed by atoms with Gasteiger partial charge in [-0.05, 0) is 25.5 Å². The molecule has 1 aliphatic rings. The molecule has 0 amide bonds. The number of rotatable bonds is 5. The maximum absolute atomic E-state index is 11.7. The largest absolute Gasteiger partial charge is 0.364 e. The van der Waals surface area contributed by atoms with E-state index in [4.69, 9.17) is 0 Å². The Hall–Kier alpha value is -2.06. The molecule has 8 heteroatoms. The second-order valence-electron chi connectivity index (χ2n) is 5.58. The first-order valence-electron chi connectivity index (χ1n) is 7.39. The Morgan fingerprint density at radius 2 is 2.17 bits per heavy atom. The van der Waals surface area contributed by atoms with Gasteiger partial charge < -0.3 is 5.32 Å². The van der Waals surface area contributed by atoms with E-state index >= 15 is 0 Å². The standard InChI is InChI=1S/C15H19N5O2S/c1-11-18-13(14-6-8-20(14)23(2,21)22)9-15(19-11)17-10-12-5-3-4-7-16-12/h3-5,7,9,14H,6,8,10H2,1-2H3,(H,17,18,19). The lowest BCUT2D eigenvalue weighted by atomic mass is 10.0. The predicted molar refractivity (Wildman–Crippen MR) is 87.2 cm³/mol. The van der Waals surface area contributed by atoms with Crippen LogP contribution in [0.2, 0.25) is 0 Å². The fraction of sp³-hybridized carbons (Fsp3) is 0.400. The van der Waals surface area contributed by atoms with E-state index in [1.807, 2.05) is 24.3 Å². The van der Waals surface area contributed by atoms with E-state index in [0.29, 0.717) is 24.7 Å². The number of hydrogen-bond donors (Lipinski definition) is 1. The Morgan fingerprint density at radius 1 is 1.35 bits per heavy atom. The van der Waals surface area contributed by atoms with Gasteiger partial charge in [-0.15, -0.1) is 0 Å². The third-order valence-electron chi connectivity index (χ3n) is 3.77. The van der Waals surface area contributed by atoms with E-state index in [0.717, 1.165) is 17.8 Å². The Labute approximate surface area is 135 Å². The average Bonchev–Trinajstić information content (AvgIpc) is 2.43. The van der Waals surface area contributed by atoms with Gasteiger partial charge >= 0.3 is 0 Å². The summed E-state index contributed by atoms with van der Waals surface area (Å²) in [5, 5.41) is 3.22. The molecule has 0 bridgehead atoms. The summed E-state index contributed by atoms with van der Waals surface area (Å²) in [6.07, 6.45) is 3.75. The van der Waals surface area contributed by atoms with Crippen molar-refractivity contribution >= 4 is 15.8 Å². The van der Waals surface area contributed by atoms with E-state index in [9.17, 15) is 8.42 Å². The van der Waals surface area contributed by atoms with Gasteiger partial charge in [0.05, 0.1) is 30.2 Å². The SMILES string of the molecule is Cc1nc(NCc2ccccn2)cc(C2CCN2S(C)(=O)=O)n1. The zero-order valence-electron chi connectivity index (χ0n) is 13.1. The summed E-state index contributed by atoms with van der Waals surface area (Å²) in [5.41, 5.74) is 1.64. The lowest BCUT2D eigenvalue weighted by molar-refractivity contribution is 0.199. The minimum absolute atomic E-state index is 0.192. The summed E-state index contributed by atoms with van der Waals surface area (Å²) in [5.74, 6) is 1.30. The van der Waals surface area contributed by atoms with E-state index in [1.54, 1.807) is 13.1 Å². The van der Waals surface area contributed by atoms with Gasteiger partial charge in [-0.25, -0.2) is 18.4 Å². The fourth-order valence-electron chi connectivity index (χ4n) is 2.59. The van der Waals surface area contributed by atoms with Crippen LogP contribution in [0.3, 0.4) is 0 Å². The lowest BCUT2D eigenvalue weighted by Gasteiger charge is -2.38. The van der Waals surface area contributed by atoms with Crippen molar-refractivity contribution in [3.05, 3.63) is 47.7 Å². The zero-order chi connectivity index (χ0) is 16.4. The topological polar surface area (TPSA) is 88.1 Å². The minimum atomic E-state index is -3.20. The van der Waals surface area contributed by atoms with Crippen molar-refractivity contribution in [1.82, 2.24) is 19.3 Å². The zero-order valence-corrected chi connectivity index (χ0v) is 13.9. The predicted octanol–water partition coefficient (Wildman–Crippen LogP) is 1.50. The molecule has 2 aromatic heterocycles. The molecule has 3 heterocycles. The first-order chi connectivity index (χ1) is 10.9. The molecule has 2 aromatic rings. The highest BCUT2D eigenvalue weighted by atomic mass is 32.2. The Balaban J connectivity index is 1.77. The molecule has 1 unspecified atom stereocenters. The summed E-state index contributed by atoms with van der Waals surface area (Å²) in [6.45, 7) is 2.90. The maximum atomic E-state index is 11.7. The van der Waals surface area contributed by atoms with Crippen molar-refractivity contribution in [2.75, 3.05) is 18.1 Å². The number of sulfonamides is 1. The second-order valence-corrected chi connectivity index (χ2v) is 7.51. The van der Waals surface area contributed by atoms with Gasteiger partial charge in [0, 0.05) is 18.8 Å². The van der Waals surface area contributed by atoms with Gasteiger partial charge in [0.2, 0.25) is 10.0 Å². The molecule has 3 rings (SSSR count). The van der Waals surface area contributed by atoms with Crippen molar-refractivity contribution in [3.63, 3.8) is 0 Å². The Morgan fingerprint density at radius 3 is 2.78 bits per heavy atom. The van der Waals surface area contributed by atoms with Crippen LogP contribution in [0, 0.1) is 6.92 Å². The third kappa shape index (κ3) is 3.65. The Bertz CT molecular complexity index is 795. The first kappa shape index (κ1) is 15.8. The monoisotopic (exact) mass is 333 g/mol. The molecule has 1 fully saturated rings. The highest BCUT2D eigenvalue weighted by Crippen LogP contribution is 2.34. The molecule has 0 radical (unpaired) electrons. The molecule has 1 saturated heterocycles. The third-order valence-corrected chi connectivity index (χ3v) is 5.06. The lowest BCUT2D eigenvalue weighted by Crippen LogP contribution is -2.44. The summed E-state index contributed by atoms with van der Waals surface area (Å²) in [6, 6.07) is 7.35. The van der Waals surface area contributed by atoms with Gasteiger partial charge in [-0.3, -0.25) is 4.98 Å². The van der Waals surface area contributed by atoms with Crippen LogP contribution in [0.15, 0.2) is 30.5 Å². The van der Waals surface area contributed by atoms with Crippen LogP contribution >= 0.6 is 0 Å². The van der Waals surface area contributed by atoms with Crippen molar-refractivity contribution in [2.24, 2.45) is 0 Å². The molecule has 1 atom stereocenters. The van der Waals surface area contributed by atoms with Crippen molar-refractivity contribution in [2.45, 2.75) is 25.9 Å². The van der Waals surface area contributed by atoms with Crippen LogP contribution < -0.4 is 5.32 Å².